The molecule has 0 radical (unpaired) electrons. The Morgan fingerprint density at radius 2 is 1.94 bits per heavy atom. The van der Waals surface area contributed by atoms with Crippen molar-refractivity contribution in [3.63, 3.8) is 0 Å². The molecule has 2 aromatic carbocycles. The molecule has 0 saturated heterocycles. The summed E-state index contributed by atoms with van der Waals surface area (Å²) in [4.78, 5) is 11.2. The lowest BCUT2D eigenvalue weighted by Crippen LogP contribution is -1.93. The minimum absolute atomic E-state index is 0.321. The molecule has 0 amide bonds. The summed E-state index contributed by atoms with van der Waals surface area (Å²) in [7, 11) is 1.39. The molecule has 18 heavy (non-hydrogen) atoms. The first-order valence-corrected chi connectivity index (χ1v) is 6.09. The monoisotopic (exact) mass is 238 g/mol. The van der Waals surface area contributed by atoms with E-state index in [0.29, 0.717) is 0 Å². The number of benzene rings is 2. The molecule has 0 unspecified atom stereocenters. The average Bonchev–Trinajstić information content (AvgIpc) is 2.83. The second-order valence-electron chi connectivity index (χ2n) is 4.51. The Labute approximate surface area is 106 Å². The molecule has 0 atom stereocenters. The highest BCUT2D eigenvalue weighted by Crippen LogP contribution is 2.33. The molecule has 2 aromatic rings. The summed E-state index contributed by atoms with van der Waals surface area (Å²) in [5.41, 5.74) is 3.90. The van der Waals surface area contributed by atoms with E-state index in [9.17, 15) is 4.79 Å². The van der Waals surface area contributed by atoms with E-state index < -0.39 is 0 Å². The van der Waals surface area contributed by atoms with Gasteiger partial charge >= 0.3 is 5.97 Å². The Balaban J connectivity index is 2.15. The molecule has 0 bridgehead atoms. The van der Waals surface area contributed by atoms with Crippen molar-refractivity contribution in [2.24, 2.45) is 0 Å². The van der Waals surface area contributed by atoms with Crippen LogP contribution in [0.4, 0.5) is 0 Å². The molecule has 1 aliphatic rings. The van der Waals surface area contributed by atoms with Crippen molar-refractivity contribution in [2.45, 2.75) is 12.8 Å². The molecule has 0 aliphatic heterocycles. The first kappa shape index (κ1) is 11.0. The zero-order valence-corrected chi connectivity index (χ0v) is 10.3. The van der Waals surface area contributed by atoms with Crippen LogP contribution in [0.2, 0.25) is 0 Å². The van der Waals surface area contributed by atoms with Crippen molar-refractivity contribution in [1.29, 1.82) is 0 Å². The van der Waals surface area contributed by atoms with Crippen LogP contribution in [0.1, 0.15) is 16.7 Å². The maximum atomic E-state index is 11.2. The fourth-order valence-electron chi connectivity index (χ4n) is 2.64. The van der Waals surface area contributed by atoms with Gasteiger partial charge in [0, 0.05) is 6.08 Å². The molecule has 0 fully saturated rings. The summed E-state index contributed by atoms with van der Waals surface area (Å²) in [6, 6.07) is 10.6. The van der Waals surface area contributed by atoms with Crippen molar-refractivity contribution in [2.75, 3.05) is 7.11 Å². The van der Waals surface area contributed by atoms with Crippen molar-refractivity contribution >= 4 is 22.8 Å². The number of carbonyl (C=O) groups is 1. The molecule has 0 spiro atoms. The Bertz CT molecular complexity index is 643. The fraction of sp³-hybridized carbons (Fsp3) is 0.188. The maximum Gasteiger partial charge on any atom is 0.330 e. The van der Waals surface area contributed by atoms with Gasteiger partial charge in [-0.25, -0.2) is 4.79 Å². The summed E-state index contributed by atoms with van der Waals surface area (Å²) in [5, 5.41) is 2.59. The average molecular weight is 238 g/mol. The highest BCUT2D eigenvalue weighted by molar-refractivity contribution is 5.98. The van der Waals surface area contributed by atoms with Gasteiger partial charge in [-0.2, -0.15) is 0 Å². The van der Waals surface area contributed by atoms with Crippen molar-refractivity contribution < 1.29 is 9.53 Å². The van der Waals surface area contributed by atoms with E-state index in [4.69, 9.17) is 0 Å². The molecule has 2 heteroatoms. The molecule has 2 nitrogen and oxygen atoms in total. The van der Waals surface area contributed by atoms with Crippen LogP contribution in [-0.2, 0) is 22.4 Å². The number of hydrogen-bond acceptors (Lipinski definition) is 2. The number of methoxy groups -OCH3 is 1. The second-order valence-corrected chi connectivity index (χ2v) is 4.51. The quantitative estimate of drug-likeness (QED) is 0.593. The van der Waals surface area contributed by atoms with E-state index >= 15 is 0 Å². The number of carbonyl (C=O) groups excluding carboxylic acids is 1. The van der Waals surface area contributed by atoms with E-state index in [1.807, 2.05) is 6.08 Å². The Morgan fingerprint density at radius 1 is 1.17 bits per heavy atom. The topological polar surface area (TPSA) is 26.3 Å². The maximum absolute atomic E-state index is 11.2. The number of hydrogen-bond donors (Lipinski definition) is 0. The summed E-state index contributed by atoms with van der Waals surface area (Å²) in [6.07, 6.45) is 5.54. The van der Waals surface area contributed by atoms with E-state index in [2.05, 4.69) is 35.1 Å². The third kappa shape index (κ3) is 1.70. The Kier molecular flexibility index (Phi) is 2.63. The van der Waals surface area contributed by atoms with E-state index in [1.54, 1.807) is 0 Å². The molecule has 0 N–H and O–H groups in total. The van der Waals surface area contributed by atoms with Gasteiger partial charge in [-0.3, -0.25) is 0 Å². The number of esters is 1. The van der Waals surface area contributed by atoms with Gasteiger partial charge in [-0.1, -0.05) is 30.3 Å². The van der Waals surface area contributed by atoms with Crippen LogP contribution in [0.15, 0.2) is 36.4 Å². The Hall–Kier alpha value is -2.09. The smallest absolute Gasteiger partial charge is 0.330 e. The lowest BCUT2D eigenvalue weighted by atomic mass is 10.00. The van der Waals surface area contributed by atoms with Gasteiger partial charge in [0.2, 0.25) is 0 Å². The third-order valence-electron chi connectivity index (χ3n) is 3.51. The van der Waals surface area contributed by atoms with Gasteiger partial charge < -0.3 is 4.74 Å². The summed E-state index contributed by atoms with van der Waals surface area (Å²) in [5.74, 6) is -0.321. The van der Waals surface area contributed by atoms with Gasteiger partial charge in [-0.05, 0) is 46.4 Å². The summed E-state index contributed by atoms with van der Waals surface area (Å²) >= 11 is 0. The molecule has 0 heterocycles. The van der Waals surface area contributed by atoms with Crippen LogP contribution in [0, 0.1) is 0 Å². The molecular formula is C16H14O2. The van der Waals surface area contributed by atoms with Crippen LogP contribution in [0.3, 0.4) is 0 Å². The molecule has 3 rings (SSSR count). The van der Waals surface area contributed by atoms with Gasteiger partial charge in [0.15, 0.2) is 0 Å². The zero-order chi connectivity index (χ0) is 12.5. The first-order valence-electron chi connectivity index (χ1n) is 6.09. The fourth-order valence-corrected chi connectivity index (χ4v) is 2.64. The standard InChI is InChI=1S/C16H14O2/c1-18-15(17)10-9-11-5-6-13-8-7-12-3-2-4-14(11)16(12)13/h2-6,9-10H,7-8H2,1H3/b10-9+. The largest absolute Gasteiger partial charge is 0.466 e. The van der Waals surface area contributed by atoms with Crippen molar-refractivity contribution in [1.82, 2.24) is 0 Å². The van der Waals surface area contributed by atoms with Gasteiger partial charge in [0.1, 0.15) is 0 Å². The molecule has 90 valence electrons. The van der Waals surface area contributed by atoms with Gasteiger partial charge in [0.05, 0.1) is 7.11 Å². The van der Waals surface area contributed by atoms with Crippen LogP contribution >= 0.6 is 0 Å². The number of rotatable bonds is 2. The third-order valence-corrected chi connectivity index (χ3v) is 3.51. The van der Waals surface area contributed by atoms with Crippen LogP contribution in [0.25, 0.3) is 16.8 Å². The van der Waals surface area contributed by atoms with Crippen LogP contribution in [0.5, 0.6) is 0 Å². The summed E-state index contributed by atoms with van der Waals surface area (Å²) in [6.45, 7) is 0. The second kappa shape index (κ2) is 4.30. The summed E-state index contributed by atoms with van der Waals surface area (Å²) < 4.78 is 4.62. The number of aryl methyl sites for hydroxylation is 2. The normalized spacial score (nSPS) is 13.4. The molecular weight excluding hydrogens is 224 g/mol. The minimum Gasteiger partial charge on any atom is -0.466 e. The van der Waals surface area contributed by atoms with E-state index in [-0.39, 0.29) is 5.97 Å². The molecule has 0 aromatic heterocycles. The predicted molar refractivity (Wildman–Crippen MR) is 72.4 cm³/mol. The lowest BCUT2D eigenvalue weighted by molar-refractivity contribution is -0.134. The highest BCUT2D eigenvalue weighted by atomic mass is 16.5. The lowest BCUT2D eigenvalue weighted by Gasteiger charge is -2.05. The molecule has 0 saturated carbocycles. The minimum atomic E-state index is -0.321. The Morgan fingerprint density at radius 3 is 2.72 bits per heavy atom. The van der Waals surface area contributed by atoms with Gasteiger partial charge in [0.25, 0.3) is 0 Å². The predicted octanol–water partition coefficient (Wildman–Crippen LogP) is 3.12. The van der Waals surface area contributed by atoms with E-state index in [0.717, 1.165) is 18.4 Å². The molecule has 1 aliphatic carbocycles. The SMILES string of the molecule is COC(=O)/C=C/c1ccc2c3c(cccc13)CC2. The van der Waals surface area contributed by atoms with Crippen LogP contribution in [-0.4, -0.2) is 13.1 Å². The van der Waals surface area contributed by atoms with Crippen LogP contribution < -0.4 is 0 Å². The van der Waals surface area contributed by atoms with Crippen molar-refractivity contribution in [3.05, 3.63) is 53.1 Å². The van der Waals surface area contributed by atoms with Gasteiger partial charge in [-0.15, -0.1) is 0 Å². The van der Waals surface area contributed by atoms with Crippen molar-refractivity contribution in [3.8, 4) is 0 Å². The van der Waals surface area contributed by atoms with E-state index in [1.165, 1.54) is 35.1 Å². The zero-order valence-electron chi connectivity index (χ0n) is 10.3. The highest BCUT2D eigenvalue weighted by Gasteiger charge is 2.14. The number of ether oxygens (including phenoxy) is 1. The first-order chi connectivity index (χ1) is 8.79.